The maximum atomic E-state index is 12.6. The van der Waals surface area contributed by atoms with E-state index in [1.807, 2.05) is 25.5 Å². The standard InChI is InChI=1S/C25H33N3O6S/c1-4-7-8-23(29)26-16-15-18-9-12-21(13-10-18)35(32,33)28-24(30)19-11-14-22(27-17-19)25(31)34-20(5-2)6-3/h9-14,17,20H,4-8,15-16H2,1-3H3,(H,26,29)(H,28,30). The minimum absolute atomic E-state index is 0.000659. The average Bonchev–Trinajstić information content (AvgIpc) is 2.86. The summed E-state index contributed by atoms with van der Waals surface area (Å²) in [4.78, 5) is 40.1. The lowest BCUT2D eigenvalue weighted by Crippen LogP contribution is -2.30. The largest absolute Gasteiger partial charge is 0.458 e. The zero-order chi connectivity index (χ0) is 25.8. The zero-order valence-electron chi connectivity index (χ0n) is 20.4. The van der Waals surface area contributed by atoms with Gasteiger partial charge in [0.2, 0.25) is 5.91 Å². The molecule has 0 aliphatic carbocycles. The lowest BCUT2D eigenvalue weighted by molar-refractivity contribution is -0.121. The van der Waals surface area contributed by atoms with E-state index in [9.17, 15) is 22.8 Å². The number of pyridine rings is 1. The van der Waals surface area contributed by atoms with Gasteiger partial charge < -0.3 is 10.1 Å². The van der Waals surface area contributed by atoms with Crippen molar-refractivity contribution in [1.82, 2.24) is 15.0 Å². The number of esters is 1. The molecule has 190 valence electrons. The molecule has 35 heavy (non-hydrogen) atoms. The minimum atomic E-state index is -4.11. The van der Waals surface area contributed by atoms with Crippen molar-refractivity contribution in [3.63, 3.8) is 0 Å². The molecule has 0 saturated heterocycles. The van der Waals surface area contributed by atoms with Gasteiger partial charge >= 0.3 is 5.97 Å². The summed E-state index contributed by atoms with van der Waals surface area (Å²) < 4.78 is 32.5. The van der Waals surface area contributed by atoms with E-state index >= 15 is 0 Å². The van der Waals surface area contributed by atoms with Crippen LogP contribution >= 0.6 is 0 Å². The van der Waals surface area contributed by atoms with Crippen LogP contribution in [0.5, 0.6) is 0 Å². The molecule has 0 bridgehead atoms. The Morgan fingerprint density at radius 1 is 1.00 bits per heavy atom. The summed E-state index contributed by atoms with van der Waals surface area (Å²) in [6.07, 6.45) is 5.12. The second-order valence-corrected chi connectivity index (χ2v) is 9.74. The lowest BCUT2D eigenvalue weighted by Gasteiger charge is -2.13. The van der Waals surface area contributed by atoms with Crippen LogP contribution in [0.2, 0.25) is 0 Å². The van der Waals surface area contributed by atoms with Crippen molar-refractivity contribution in [3.8, 4) is 0 Å². The third-order valence-corrected chi connectivity index (χ3v) is 6.72. The Bertz CT molecular complexity index is 1100. The topological polar surface area (TPSA) is 132 Å². The number of amides is 2. The van der Waals surface area contributed by atoms with Gasteiger partial charge in [-0.25, -0.2) is 22.9 Å². The highest BCUT2D eigenvalue weighted by molar-refractivity contribution is 7.90. The van der Waals surface area contributed by atoms with E-state index in [0.717, 1.165) is 24.6 Å². The van der Waals surface area contributed by atoms with Gasteiger partial charge in [0, 0.05) is 19.2 Å². The van der Waals surface area contributed by atoms with Crippen molar-refractivity contribution in [1.29, 1.82) is 0 Å². The first-order valence-corrected chi connectivity index (χ1v) is 13.3. The Balaban J connectivity index is 1.94. The van der Waals surface area contributed by atoms with E-state index in [1.165, 1.54) is 24.3 Å². The predicted molar refractivity (Wildman–Crippen MR) is 131 cm³/mol. The number of sulfonamides is 1. The van der Waals surface area contributed by atoms with Crippen LogP contribution < -0.4 is 10.0 Å². The van der Waals surface area contributed by atoms with Crippen LogP contribution in [-0.2, 0) is 26.0 Å². The van der Waals surface area contributed by atoms with Crippen molar-refractivity contribution < 1.29 is 27.5 Å². The summed E-state index contributed by atoms with van der Waals surface area (Å²) in [7, 11) is -4.11. The van der Waals surface area contributed by atoms with Crippen LogP contribution in [0.1, 0.15) is 79.3 Å². The molecule has 0 unspecified atom stereocenters. The number of hydrogen-bond acceptors (Lipinski definition) is 7. The highest BCUT2D eigenvalue weighted by Crippen LogP contribution is 2.13. The number of unbranched alkanes of at least 4 members (excludes halogenated alkanes) is 1. The third-order valence-electron chi connectivity index (χ3n) is 5.37. The molecule has 0 saturated carbocycles. The van der Waals surface area contributed by atoms with Crippen LogP contribution in [0, 0.1) is 0 Å². The molecule has 0 fully saturated rings. The Morgan fingerprint density at radius 3 is 2.26 bits per heavy atom. The smallest absolute Gasteiger partial charge is 0.357 e. The third kappa shape index (κ3) is 8.79. The second-order valence-electron chi connectivity index (χ2n) is 8.06. The number of carbonyl (C=O) groups excluding carboxylic acids is 3. The van der Waals surface area contributed by atoms with Crippen molar-refractivity contribution in [2.45, 2.75) is 70.3 Å². The second kappa shape index (κ2) is 13.6. The fraction of sp³-hybridized carbons (Fsp3) is 0.440. The monoisotopic (exact) mass is 503 g/mol. The quantitative estimate of drug-likeness (QED) is 0.401. The van der Waals surface area contributed by atoms with E-state index < -0.39 is 21.9 Å². The fourth-order valence-corrected chi connectivity index (χ4v) is 4.14. The van der Waals surface area contributed by atoms with Gasteiger partial charge in [0.15, 0.2) is 0 Å². The molecule has 0 atom stereocenters. The first kappa shape index (κ1) is 28.0. The Hall–Kier alpha value is -3.27. The molecule has 1 aromatic carbocycles. The Morgan fingerprint density at radius 2 is 1.69 bits per heavy atom. The van der Waals surface area contributed by atoms with Gasteiger partial charge in [-0.15, -0.1) is 0 Å². The van der Waals surface area contributed by atoms with Crippen molar-refractivity contribution >= 4 is 27.8 Å². The maximum absolute atomic E-state index is 12.6. The predicted octanol–water partition coefficient (Wildman–Crippen LogP) is 3.39. The van der Waals surface area contributed by atoms with Crippen LogP contribution in [0.25, 0.3) is 0 Å². The van der Waals surface area contributed by atoms with Gasteiger partial charge in [-0.05, 0) is 55.5 Å². The molecule has 2 rings (SSSR count). The Kier molecular flexibility index (Phi) is 10.8. The molecular weight excluding hydrogens is 470 g/mol. The van der Waals surface area contributed by atoms with Gasteiger partial charge in [-0.3, -0.25) is 9.59 Å². The highest BCUT2D eigenvalue weighted by atomic mass is 32.2. The number of hydrogen-bond donors (Lipinski definition) is 2. The number of nitrogens with one attached hydrogen (secondary N) is 2. The van der Waals surface area contributed by atoms with E-state index in [-0.39, 0.29) is 28.2 Å². The number of ether oxygens (including phenoxy) is 1. The molecule has 2 aromatic rings. The lowest BCUT2D eigenvalue weighted by atomic mass is 10.1. The first-order valence-electron chi connectivity index (χ1n) is 11.8. The van der Waals surface area contributed by atoms with Gasteiger partial charge in [0.25, 0.3) is 15.9 Å². The molecule has 0 aliphatic heterocycles. The SMILES string of the molecule is CCCCC(=O)NCCc1ccc(S(=O)(=O)NC(=O)c2ccc(C(=O)OC(CC)CC)nc2)cc1. The molecule has 0 spiro atoms. The summed E-state index contributed by atoms with van der Waals surface area (Å²) in [6, 6.07) is 8.72. The summed E-state index contributed by atoms with van der Waals surface area (Å²) >= 11 is 0. The van der Waals surface area contributed by atoms with Crippen molar-refractivity contribution in [2.75, 3.05) is 6.54 Å². The van der Waals surface area contributed by atoms with Gasteiger partial charge in [0.05, 0.1) is 10.5 Å². The molecule has 1 aromatic heterocycles. The average molecular weight is 504 g/mol. The van der Waals surface area contributed by atoms with Gasteiger partial charge in [0.1, 0.15) is 11.8 Å². The number of rotatable bonds is 13. The van der Waals surface area contributed by atoms with E-state index in [0.29, 0.717) is 32.2 Å². The summed E-state index contributed by atoms with van der Waals surface area (Å²) in [6.45, 7) is 6.29. The molecule has 2 amide bonds. The van der Waals surface area contributed by atoms with E-state index in [1.54, 1.807) is 12.1 Å². The van der Waals surface area contributed by atoms with Crippen LogP contribution in [0.15, 0.2) is 47.5 Å². The molecule has 9 nitrogen and oxygen atoms in total. The van der Waals surface area contributed by atoms with E-state index in [2.05, 4.69) is 10.3 Å². The van der Waals surface area contributed by atoms with Crippen LogP contribution in [0.4, 0.5) is 0 Å². The number of aromatic nitrogens is 1. The maximum Gasteiger partial charge on any atom is 0.357 e. The summed E-state index contributed by atoms with van der Waals surface area (Å²) in [5.74, 6) is -1.46. The zero-order valence-corrected chi connectivity index (χ0v) is 21.2. The molecule has 10 heteroatoms. The molecular formula is C25H33N3O6S. The Labute approximate surface area is 206 Å². The van der Waals surface area contributed by atoms with Crippen molar-refractivity contribution in [3.05, 3.63) is 59.4 Å². The number of carbonyl (C=O) groups is 3. The summed E-state index contributed by atoms with van der Waals surface area (Å²) in [5, 5.41) is 2.83. The molecule has 1 heterocycles. The number of nitrogens with zero attached hydrogens (tertiary/aromatic N) is 1. The van der Waals surface area contributed by atoms with Gasteiger partial charge in [-0.2, -0.15) is 0 Å². The number of benzene rings is 1. The van der Waals surface area contributed by atoms with Crippen LogP contribution in [0.3, 0.4) is 0 Å². The minimum Gasteiger partial charge on any atom is -0.458 e. The van der Waals surface area contributed by atoms with Crippen LogP contribution in [-0.4, -0.2) is 43.8 Å². The molecule has 0 radical (unpaired) electrons. The normalized spacial score (nSPS) is 11.2. The molecule has 2 N–H and O–H groups in total. The summed E-state index contributed by atoms with van der Waals surface area (Å²) in [5.41, 5.74) is 0.877. The van der Waals surface area contributed by atoms with Gasteiger partial charge in [-0.1, -0.05) is 39.3 Å². The van der Waals surface area contributed by atoms with Crippen molar-refractivity contribution in [2.24, 2.45) is 0 Å². The highest BCUT2D eigenvalue weighted by Gasteiger charge is 2.20. The fourth-order valence-electron chi connectivity index (χ4n) is 3.16. The molecule has 0 aliphatic rings. The first-order chi connectivity index (χ1) is 16.7. The van der Waals surface area contributed by atoms with E-state index in [4.69, 9.17) is 4.74 Å².